The lowest BCUT2D eigenvalue weighted by Crippen LogP contribution is -1.94. The minimum Gasteiger partial charge on any atom is -0.478 e. The second kappa shape index (κ2) is 7.92. The van der Waals surface area contributed by atoms with E-state index in [1.807, 2.05) is 42.5 Å². The molecule has 0 amide bonds. The van der Waals surface area contributed by atoms with E-state index in [1.54, 1.807) is 12.1 Å². The van der Waals surface area contributed by atoms with Gasteiger partial charge in [-0.3, -0.25) is 0 Å². The maximum atomic E-state index is 10.6. The van der Waals surface area contributed by atoms with Crippen molar-refractivity contribution in [3.05, 3.63) is 121 Å². The van der Waals surface area contributed by atoms with Gasteiger partial charge in [0.05, 0.1) is 5.56 Å². The summed E-state index contributed by atoms with van der Waals surface area (Å²) in [5.74, 6) is -0.894. The maximum absolute atomic E-state index is 10.6. The first kappa shape index (κ1) is 18.8. The molecule has 0 aromatic heterocycles. The summed E-state index contributed by atoms with van der Waals surface area (Å²) in [5.41, 5.74) is 2.43. The Morgan fingerprint density at radius 1 is 0.452 bits per heavy atom. The van der Waals surface area contributed by atoms with Crippen LogP contribution < -0.4 is 0 Å². The number of hydrogen-bond acceptors (Lipinski definition) is 1. The molecule has 6 aromatic rings. The van der Waals surface area contributed by atoms with E-state index in [0.717, 1.165) is 11.1 Å². The van der Waals surface area contributed by atoms with Crippen LogP contribution in [0.4, 0.5) is 0 Å². The molecule has 0 bridgehead atoms. The second-order valence-corrected chi connectivity index (χ2v) is 7.54. The Balaban J connectivity index is 0.000000132. The van der Waals surface area contributed by atoms with E-state index < -0.39 is 5.97 Å². The summed E-state index contributed by atoms with van der Waals surface area (Å²) in [5, 5.41) is 16.9. The second-order valence-electron chi connectivity index (χ2n) is 7.54. The summed E-state index contributed by atoms with van der Waals surface area (Å²) in [4.78, 5) is 10.6. The van der Waals surface area contributed by atoms with Gasteiger partial charge in [0.25, 0.3) is 0 Å². The standard InChI is InChI=1S/C16H10.C13H10O2/c1-3-11-7-9-13-5-2-6-14-10-8-12(4-1)15(11)16(13)14;14-13(15)12-8-6-11(7-9-12)10-4-2-1-3-5-10/h1-10H;1-9H,(H,14,15). The highest BCUT2D eigenvalue weighted by Gasteiger charge is 2.06. The number of aromatic carboxylic acids is 1. The molecule has 6 aromatic carbocycles. The number of rotatable bonds is 2. The highest BCUT2D eigenvalue weighted by molar-refractivity contribution is 6.22. The third-order valence-corrected chi connectivity index (χ3v) is 5.63. The summed E-state index contributed by atoms with van der Waals surface area (Å²) in [6, 6.07) is 38.6. The van der Waals surface area contributed by atoms with Gasteiger partial charge in [0.1, 0.15) is 0 Å². The number of carboxylic acids is 1. The Hall–Kier alpha value is -4.17. The zero-order valence-corrected chi connectivity index (χ0v) is 16.8. The van der Waals surface area contributed by atoms with Crippen molar-refractivity contribution in [1.29, 1.82) is 0 Å². The zero-order chi connectivity index (χ0) is 21.2. The Kier molecular flexibility index (Phi) is 4.81. The molecule has 0 radical (unpaired) electrons. The van der Waals surface area contributed by atoms with Gasteiger partial charge in [-0.25, -0.2) is 4.79 Å². The van der Waals surface area contributed by atoms with Crippen molar-refractivity contribution in [3.63, 3.8) is 0 Å². The van der Waals surface area contributed by atoms with Gasteiger partial charge in [-0.1, -0.05) is 103 Å². The molecule has 0 saturated heterocycles. The molecule has 1 N–H and O–H groups in total. The van der Waals surface area contributed by atoms with Crippen molar-refractivity contribution in [2.75, 3.05) is 0 Å². The van der Waals surface area contributed by atoms with Gasteiger partial charge in [0, 0.05) is 0 Å². The van der Waals surface area contributed by atoms with Crippen LogP contribution in [-0.2, 0) is 0 Å². The maximum Gasteiger partial charge on any atom is 0.335 e. The van der Waals surface area contributed by atoms with Crippen molar-refractivity contribution in [2.45, 2.75) is 0 Å². The van der Waals surface area contributed by atoms with E-state index in [-0.39, 0.29) is 0 Å². The van der Waals surface area contributed by atoms with Gasteiger partial charge in [0.15, 0.2) is 0 Å². The van der Waals surface area contributed by atoms with E-state index in [0.29, 0.717) is 5.56 Å². The van der Waals surface area contributed by atoms with Crippen LogP contribution in [0.2, 0.25) is 0 Å². The average Bonchev–Trinajstić information content (AvgIpc) is 2.84. The summed E-state index contributed by atoms with van der Waals surface area (Å²) in [6.07, 6.45) is 0. The molecule has 6 rings (SSSR count). The summed E-state index contributed by atoms with van der Waals surface area (Å²) in [6.45, 7) is 0. The third kappa shape index (κ3) is 3.60. The fourth-order valence-corrected chi connectivity index (χ4v) is 4.11. The molecular weight excluding hydrogens is 380 g/mol. The van der Waals surface area contributed by atoms with E-state index in [4.69, 9.17) is 5.11 Å². The first-order valence-corrected chi connectivity index (χ1v) is 10.2. The Morgan fingerprint density at radius 3 is 1.29 bits per heavy atom. The summed E-state index contributed by atoms with van der Waals surface area (Å²) >= 11 is 0. The fraction of sp³-hybridized carbons (Fsp3) is 0. The quantitative estimate of drug-likeness (QED) is 0.303. The minimum atomic E-state index is -0.894. The van der Waals surface area contributed by atoms with Crippen LogP contribution >= 0.6 is 0 Å². The molecule has 2 heteroatoms. The lowest BCUT2D eigenvalue weighted by atomic mass is 9.95. The molecule has 0 spiro atoms. The Labute approximate surface area is 180 Å². The molecule has 148 valence electrons. The largest absolute Gasteiger partial charge is 0.478 e. The van der Waals surface area contributed by atoms with Crippen molar-refractivity contribution in [1.82, 2.24) is 0 Å². The van der Waals surface area contributed by atoms with Crippen molar-refractivity contribution >= 4 is 38.3 Å². The first-order chi connectivity index (χ1) is 15.2. The van der Waals surface area contributed by atoms with Crippen LogP contribution in [0.15, 0.2) is 115 Å². The molecule has 0 unspecified atom stereocenters. The molecule has 0 fully saturated rings. The van der Waals surface area contributed by atoms with Crippen LogP contribution in [0.3, 0.4) is 0 Å². The van der Waals surface area contributed by atoms with Crippen LogP contribution in [0.25, 0.3) is 43.4 Å². The molecule has 2 nitrogen and oxygen atoms in total. The van der Waals surface area contributed by atoms with E-state index in [1.165, 1.54) is 32.3 Å². The highest BCUT2D eigenvalue weighted by Crippen LogP contribution is 2.33. The molecule has 0 heterocycles. The molecule has 0 atom stereocenters. The third-order valence-electron chi connectivity index (χ3n) is 5.63. The molecule has 0 aliphatic carbocycles. The SMILES string of the molecule is O=C(O)c1ccc(-c2ccccc2)cc1.c1cc2ccc3cccc4ccc(c1)c2c34. The first-order valence-electron chi connectivity index (χ1n) is 10.2. The summed E-state index contributed by atoms with van der Waals surface area (Å²) < 4.78 is 0. The van der Waals surface area contributed by atoms with Crippen molar-refractivity contribution in [2.24, 2.45) is 0 Å². The molecule has 31 heavy (non-hydrogen) atoms. The Bertz CT molecular complexity index is 1350. The van der Waals surface area contributed by atoms with E-state index in [2.05, 4.69) is 60.7 Å². The molecule has 0 saturated carbocycles. The van der Waals surface area contributed by atoms with Crippen molar-refractivity contribution in [3.8, 4) is 11.1 Å². The normalized spacial score (nSPS) is 10.8. The molecule has 0 aliphatic rings. The predicted molar refractivity (Wildman–Crippen MR) is 129 cm³/mol. The van der Waals surface area contributed by atoms with Crippen LogP contribution in [0.1, 0.15) is 10.4 Å². The topological polar surface area (TPSA) is 37.3 Å². The summed E-state index contributed by atoms with van der Waals surface area (Å²) in [7, 11) is 0. The van der Waals surface area contributed by atoms with Gasteiger partial charge < -0.3 is 5.11 Å². The number of hydrogen-bond donors (Lipinski definition) is 1. The minimum absolute atomic E-state index is 0.315. The van der Waals surface area contributed by atoms with Crippen LogP contribution in [0.5, 0.6) is 0 Å². The smallest absolute Gasteiger partial charge is 0.335 e. The lowest BCUT2D eigenvalue weighted by Gasteiger charge is -2.09. The molecular formula is C29H20O2. The van der Waals surface area contributed by atoms with Gasteiger partial charge in [-0.05, 0) is 55.6 Å². The lowest BCUT2D eigenvalue weighted by molar-refractivity contribution is 0.0697. The number of benzene rings is 6. The van der Waals surface area contributed by atoms with Gasteiger partial charge in [-0.15, -0.1) is 0 Å². The predicted octanol–water partition coefficient (Wildman–Crippen LogP) is 7.64. The highest BCUT2D eigenvalue weighted by atomic mass is 16.4. The van der Waals surface area contributed by atoms with Gasteiger partial charge >= 0.3 is 5.97 Å². The zero-order valence-electron chi connectivity index (χ0n) is 16.8. The van der Waals surface area contributed by atoms with E-state index in [9.17, 15) is 4.79 Å². The number of carboxylic acid groups (broad SMARTS) is 1. The fourth-order valence-electron chi connectivity index (χ4n) is 4.11. The van der Waals surface area contributed by atoms with Gasteiger partial charge in [-0.2, -0.15) is 0 Å². The Morgan fingerprint density at radius 2 is 0.871 bits per heavy atom. The van der Waals surface area contributed by atoms with Crippen LogP contribution in [-0.4, -0.2) is 11.1 Å². The monoisotopic (exact) mass is 400 g/mol. The van der Waals surface area contributed by atoms with Crippen LogP contribution in [0, 0.1) is 0 Å². The van der Waals surface area contributed by atoms with E-state index >= 15 is 0 Å². The van der Waals surface area contributed by atoms with Crippen molar-refractivity contribution < 1.29 is 9.90 Å². The average molecular weight is 400 g/mol. The van der Waals surface area contributed by atoms with Gasteiger partial charge in [0.2, 0.25) is 0 Å². The molecule has 0 aliphatic heterocycles. The number of carbonyl (C=O) groups is 1.